The molecule has 2 atom stereocenters. The summed E-state index contributed by atoms with van der Waals surface area (Å²) in [5, 5.41) is 11.8. The summed E-state index contributed by atoms with van der Waals surface area (Å²) in [6.45, 7) is 0.484. The van der Waals surface area contributed by atoms with Gasteiger partial charge in [-0.3, -0.25) is 14.6 Å². The Morgan fingerprint density at radius 3 is 2.50 bits per heavy atom. The Kier molecular flexibility index (Phi) is 8.01. The number of hydrogen-bond donors (Lipinski definition) is 3. The standard InChI is InChI=1S/C28H26N6O2S2/c35-25(33-28-31-22(18-38-28)19-9-3-1-4-10-19)23-14-8-16-34(23)26(36)24(20-11-5-2-6-12-20)32-27(37)30-21-13-7-15-29-17-21/h1-7,9-13,15,17-18,23-24H,8,14,16H2,(H2,30,32,37)(H,31,33,35)/t23-,24+/m0/s1. The molecule has 3 N–H and O–H groups in total. The van der Waals surface area contributed by atoms with Gasteiger partial charge in [-0.25, -0.2) is 4.98 Å². The molecule has 5 rings (SSSR count). The van der Waals surface area contributed by atoms with E-state index < -0.39 is 12.1 Å². The van der Waals surface area contributed by atoms with Gasteiger partial charge in [0.1, 0.15) is 12.1 Å². The van der Waals surface area contributed by atoms with E-state index in [1.807, 2.05) is 72.1 Å². The third-order valence-corrected chi connectivity index (χ3v) is 7.19. The van der Waals surface area contributed by atoms with Gasteiger partial charge in [0.05, 0.1) is 17.6 Å². The number of carbonyl (C=O) groups excluding carboxylic acids is 2. The molecule has 1 aliphatic rings. The first-order valence-electron chi connectivity index (χ1n) is 12.2. The van der Waals surface area contributed by atoms with E-state index in [0.717, 1.165) is 23.2 Å². The summed E-state index contributed by atoms with van der Waals surface area (Å²) < 4.78 is 0. The van der Waals surface area contributed by atoms with Gasteiger partial charge < -0.3 is 20.9 Å². The first-order valence-corrected chi connectivity index (χ1v) is 13.5. The molecule has 0 aliphatic carbocycles. The lowest BCUT2D eigenvalue weighted by Gasteiger charge is -2.29. The molecule has 1 aliphatic heterocycles. The molecular formula is C28H26N6O2S2. The van der Waals surface area contributed by atoms with Crippen molar-refractivity contribution < 1.29 is 9.59 Å². The summed E-state index contributed by atoms with van der Waals surface area (Å²) in [6.07, 6.45) is 4.63. The van der Waals surface area contributed by atoms with Crippen molar-refractivity contribution in [2.24, 2.45) is 0 Å². The zero-order valence-electron chi connectivity index (χ0n) is 20.4. The lowest BCUT2D eigenvalue weighted by atomic mass is 10.0. The number of benzene rings is 2. The fourth-order valence-electron chi connectivity index (χ4n) is 4.40. The van der Waals surface area contributed by atoms with Gasteiger partial charge in [-0.15, -0.1) is 11.3 Å². The van der Waals surface area contributed by atoms with Crippen LogP contribution in [0.25, 0.3) is 11.3 Å². The van der Waals surface area contributed by atoms with Crippen molar-refractivity contribution in [3.8, 4) is 11.3 Å². The first kappa shape index (κ1) is 25.5. The Balaban J connectivity index is 1.30. The number of rotatable bonds is 7. The molecule has 0 bridgehead atoms. The monoisotopic (exact) mass is 542 g/mol. The van der Waals surface area contributed by atoms with Gasteiger partial charge >= 0.3 is 0 Å². The van der Waals surface area contributed by atoms with Crippen molar-refractivity contribution >= 4 is 51.3 Å². The predicted molar refractivity (Wildman–Crippen MR) is 154 cm³/mol. The first-order chi connectivity index (χ1) is 18.6. The molecule has 8 nitrogen and oxygen atoms in total. The Labute approximate surface area is 230 Å². The van der Waals surface area contributed by atoms with Gasteiger partial charge in [-0.2, -0.15) is 0 Å². The largest absolute Gasteiger partial charge is 0.347 e. The highest BCUT2D eigenvalue weighted by atomic mass is 32.1. The van der Waals surface area contributed by atoms with Crippen LogP contribution in [0.15, 0.2) is 90.6 Å². The SMILES string of the molecule is O=C(Nc1nc(-c2ccccc2)cs1)[C@@H]1CCCN1C(=O)[C@H](NC(=S)Nc1cccnc1)c1ccccc1. The summed E-state index contributed by atoms with van der Waals surface area (Å²) >= 11 is 6.87. The molecule has 0 saturated carbocycles. The second kappa shape index (κ2) is 11.9. The number of anilines is 2. The lowest BCUT2D eigenvalue weighted by Crippen LogP contribution is -2.49. The smallest absolute Gasteiger partial charge is 0.250 e. The van der Waals surface area contributed by atoms with E-state index in [0.29, 0.717) is 23.8 Å². The molecule has 10 heteroatoms. The highest BCUT2D eigenvalue weighted by Crippen LogP contribution is 2.28. The fraction of sp³-hybridized carbons (Fsp3) is 0.179. The molecule has 0 radical (unpaired) electrons. The van der Waals surface area contributed by atoms with E-state index in [-0.39, 0.29) is 16.9 Å². The Hall–Kier alpha value is -4.15. The van der Waals surface area contributed by atoms with Crippen molar-refractivity contribution in [3.63, 3.8) is 0 Å². The Morgan fingerprint density at radius 1 is 1.00 bits per heavy atom. The van der Waals surface area contributed by atoms with Crippen molar-refractivity contribution in [1.29, 1.82) is 0 Å². The molecule has 192 valence electrons. The van der Waals surface area contributed by atoms with Crippen molar-refractivity contribution in [2.75, 3.05) is 17.2 Å². The van der Waals surface area contributed by atoms with Crippen LogP contribution < -0.4 is 16.0 Å². The normalized spacial score (nSPS) is 15.5. The van der Waals surface area contributed by atoms with E-state index in [9.17, 15) is 9.59 Å². The van der Waals surface area contributed by atoms with Crippen LogP contribution in [0, 0.1) is 0 Å². The van der Waals surface area contributed by atoms with Crippen LogP contribution in [-0.2, 0) is 9.59 Å². The molecule has 0 unspecified atom stereocenters. The predicted octanol–water partition coefficient (Wildman–Crippen LogP) is 4.86. The van der Waals surface area contributed by atoms with Gasteiger partial charge in [0.25, 0.3) is 0 Å². The summed E-state index contributed by atoms with van der Waals surface area (Å²) in [4.78, 5) is 37.4. The number of thiocarbonyl (C=S) groups is 1. The van der Waals surface area contributed by atoms with Crippen molar-refractivity contribution in [3.05, 3.63) is 96.1 Å². The number of hydrogen-bond acceptors (Lipinski definition) is 6. The van der Waals surface area contributed by atoms with E-state index in [4.69, 9.17) is 12.2 Å². The third kappa shape index (κ3) is 6.04. The summed E-state index contributed by atoms with van der Waals surface area (Å²) in [6, 6.07) is 21.4. The molecule has 4 aromatic rings. The number of carbonyl (C=O) groups is 2. The third-order valence-electron chi connectivity index (χ3n) is 6.22. The minimum atomic E-state index is -0.759. The molecule has 1 fully saturated rings. The molecule has 2 amide bonds. The molecule has 1 saturated heterocycles. The van der Waals surface area contributed by atoms with Gasteiger partial charge in [-0.05, 0) is 42.8 Å². The maximum absolute atomic E-state index is 13.9. The van der Waals surface area contributed by atoms with Crippen LogP contribution in [0.5, 0.6) is 0 Å². The number of pyridine rings is 1. The Morgan fingerprint density at radius 2 is 1.76 bits per heavy atom. The number of nitrogens with one attached hydrogen (secondary N) is 3. The van der Waals surface area contributed by atoms with Crippen LogP contribution in [0.2, 0.25) is 0 Å². The average Bonchev–Trinajstić information content (AvgIpc) is 3.63. The zero-order valence-corrected chi connectivity index (χ0v) is 22.0. The molecular weight excluding hydrogens is 516 g/mol. The summed E-state index contributed by atoms with van der Waals surface area (Å²) in [5.74, 6) is -0.457. The molecule has 3 heterocycles. The second-order valence-electron chi connectivity index (χ2n) is 8.77. The van der Waals surface area contributed by atoms with Gasteiger partial charge in [0.15, 0.2) is 10.2 Å². The van der Waals surface area contributed by atoms with Crippen LogP contribution in [0.1, 0.15) is 24.4 Å². The Bertz CT molecular complexity index is 1400. The average molecular weight is 543 g/mol. The van der Waals surface area contributed by atoms with E-state index >= 15 is 0 Å². The molecule has 2 aromatic heterocycles. The van der Waals surface area contributed by atoms with Crippen LogP contribution in [0.4, 0.5) is 10.8 Å². The van der Waals surface area contributed by atoms with Crippen LogP contribution >= 0.6 is 23.6 Å². The lowest BCUT2D eigenvalue weighted by molar-refractivity contribution is -0.138. The number of aromatic nitrogens is 2. The fourth-order valence-corrected chi connectivity index (χ4v) is 5.36. The highest BCUT2D eigenvalue weighted by molar-refractivity contribution is 7.80. The molecule has 2 aromatic carbocycles. The van der Waals surface area contributed by atoms with E-state index in [2.05, 4.69) is 25.9 Å². The highest BCUT2D eigenvalue weighted by Gasteiger charge is 2.38. The maximum Gasteiger partial charge on any atom is 0.250 e. The molecule has 0 spiro atoms. The zero-order chi connectivity index (χ0) is 26.3. The quantitative estimate of drug-likeness (QED) is 0.287. The minimum Gasteiger partial charge on any atom is -0.347 e. The number of nitrogens with zero attached hydrogens (tertiary/aromatic N) is 3. The van der Waals surface area contributed by atoms with Gasteiger partial charge in [0, 0.05) is 23.7 Å². The van der Waals surface area contributed by atoms with Crippen LogP contribution in [0.3, 0.4) is 0 Å². The van der Waals surface area contributed by atoms with E-state index in [1.165, 1.54) is 11.3 Å². The number of thiazole rings is 1. The maximum atomic E-state index is 13.9. The molecule has 38 heavy (non-hydrogen) atoms. The minimum absolute atomic E-state index is 0.215. The topological polar surface area (TPSA) is 99.2 Å². The summed E-state index contributed by atoms with van der Waals surface area (Å²) in [7, 11) is 0. The second-order valence-corrected chi connectivity index (χ2v) is 10.0. The summed E-state index contributed by atoms with van der Waals surface area (Å²) in [5.41, 5.74) is 3.25. The van der Waals surface area contributed by atoms with Gasteiger partial charge in [-0.1, -0.05) is 60.7 Å². The van der Waals surface area contributed by atoms with Crippen LogP contribution in [-0.4, -0.2) is 44.4 Å². The van der Waals surface area contributed by atoms with E-state index in [1.54, 1.807) is 23.4 Å². The van der Waals surface area contributed by atoms with Crippen molar-refractivity contribution in [2.45, 2.75) is 24.9 Å². The number of amides is 2. The van der Waals surface area contributed by atoms with Gasteiger partial charge in [0.2, 0.25) is 11.8 Å². The van der Waals surface area contributed by atoms with Crippen molar-refractivity contribution in [1.82, 2.24) is 20.2 Å². The number of likely N-dealkylation sites (tertiary alicyclic amines) is 1.